The van der Waals surface area contributed by atoms with Crippen LogP contribution in [0.5, 0.6) is 5.75 Å². The van der Waals surface area contributed by atoms with Crippen LogP contribution >= 0.6 is 0 Å². The lowest BCUT2D eigenvalue weighted by atomic mass is 9.99. The van der Waals surface area contributed by atoms with E-state index in [0.717, 1.165) is 16.7 Å². The number of fused-ring (bicyclic) bond motifs is 2. The second kappa shape index (κ2) is 10.9. The first-order chi connectivity index (χ1) is 19.9. The molecule has 0 radical (unpaired) electrons. The summed E-state index contributed by atoms with van der Waals surface area (Å²) in [5.74, 6) is -0.306. The maximum absolute atomic E-state index is 14.0. The molecule has 3 aromatic carbocycles. The largest absolute Gasteiger partial charge is 0.508 e. The highest BCUT2D eigenvalue weighted by Crippen LogP contribution is 2.31. The molecule has 210 valence electrons. The average Bonchev–Trinajstić information content (AvgIpc) is 3.60. The summed E-state index contributed by atoms with van der Waals surface area (Å²) in [5.41, 5.74) is 3.86. The molecule has 2 aliphatic rings. The Kier molecular flexibility index (Phi) is 7.02. The van der Waals surface area contributed by atoms with Gasteiger partial charge in [0.25, 0.3) is 0 Å². The van der Waals surface area contributed by atoms with Gasteiger partial charge in [0, 0.05) is 32.1 Å². The molecule has 0 spiro atoms. The minimum atomic E-state index is -0.787. The zero-order valence-electron chi connectivity index (χ0n) is 22.5. The number of benzene rings is 3. The monoisotopic (exact) mass is 554 g/mol. The zero-order valence-corrected chi connectivity index (χ0v) is 22.5. The van der Waals surface area contributed by atoms with E-state index >= 15 is 0 Å². The van der Waals surface area contributed by atoms with Crippen LogP contribution in [0.4, 0.5) is 4.79 Å². The predicted octanol–water partition coefficient (Wildman–Crippen LogP) is 2.71. The number of aromatic nitrogens is 1. The van der Waals surface area contributed by atoms with Gasteiger partial charge in [0.15, 0.2) is 12.0 Å². The topological polar surface area (TPSA) is 122 Å². The summed E-state index contributed by atoms with van der Waals surface area (Å²) in [7, 11) is 1.63. The maximum atomic E-state index is 14.0. The summed E-state index contributed by atoms with van der Waals surface area (Å²) in [6.45, 7) is 0.769. The van der Waals surface area contributed by atoms with Crippen molar-refractivity contribution in [3.63, 3.8) is 0 Å². The van der Waals surface area contributed by atoms with Crippen molar-refractivity contribution in [1.29, 1.82) is 0 Å². The zero-order chi connectivity index (χ0) is 28.5. The Balaban J connectivity index is 1.28. The summed E-state index contributed by atoms with van der Waals surface area (Å²) < 4.78 is 5.61. The number of piperazine rings is 1. The van der Waals surface area contributed by atoms with Gasteiger partial charge in [0.2, 0.25) is 11.8 Å². The number of urea groups is 1. The quantitative estimate of drug-likeness (QED) is 0.360. The highest BCUT2D eigenvalue weighted by atomic mass is 16.3. The normalized spacial score (nSPS) is 19.0. The minimum Gasteiger partial charge on any atom is -0.508 e. The third kappa shape index (κ3) is 5.19. The van der Waals surface area contributed by atoms with E-state index in [2.05, 4.69) is 10.3 Å². The van der Waals surface area contributed by atoms with E-state index in [1.54, 1.807) is 46.1 Å². The number of aromatic hydroxyl groups is 1. The summed E-state index contributed by atoms with van der Waals surface area (Å²) in [4.78, 5) is 48.1. The highest BCUT2D eigenvalue weighted by molar-refractivity contribution is 5.92. The van der Waals surface area contributed by atoms with Crippen LogP contribution in [-0.4, -0.2) is 80.1 Å². The maximum Gasteiger partial charge on any atom is 0.332 e. The van der Waals surface area contributed by atoms with E-state index in [4.69, 9.17) is 4.42 Å². The van der Waals surface area contributed by atoms with Crippen molar-refractivity contribution in [2.45, 2.75) is 31.7 Å². The fraction of sp³-hybridized carbons (Fsp3) is 0.267. The second-order valence-corrected chi connectivity index (χ2v) is 10.3. The molecule has 2 atom stereocenters. The number of carbonyl (C=O) groups is 3. The molecule has 3 heterocycles. The Morgan fingerprint density at radius 2 is 1.83 bits per heavy atom. The number of carbonyl (C=O) groups excluding carboxylic acids is 3. The smallest absolute Gasteiger partial charge is 0.332 e. The molecule has 2 aliphatic heterocycles. The van der Waals surface area contributed by atoms with Crippen LogP contribution in [0.25, 0.3) is 11.1 Å². The summed E-state index contributed by atoms with van der Waals surface area (Å²) in [6.07, 6.45) is 1.09. The number of para-hydroxylation sites is 1. The van der Waals surface area contributed by atoms with Gasteiger partial charge >= 0.3 is 6.03 Å². The van der Waals surface area contributed by atoms with E-state index in [1.807, 2.05) is 48.5 Å². The molecule has 2 saturated heterocycles. The van der Waals surface area contributed by atoms with Gasteiger partial charge in [-0.05, 0) is 29.3 Å². The fourth-order valence-corrected chi connectivity index (χ4v) is 5.58. The van der Waals surface area contributed by atoms with Gasteiger partial charge in [-0.3, -0.25) is 14.6 Å². The number of phenolic OH excluding ortho intramolecular Hbond substituents is 1. The molecule has 0 aliphatic carbocycles. The van der Waals surface area contributed by atoms with Crippen LogP contribution in [0.3, 0.4) is 0 Å². The first-order valence-electron chi connectivity index (χ1n) is 13.4. The predicted molar refractivity (Wildman–Crippen MR) is 149 cm³/mol. The Morgan fingerprint density at radius 3 is 2.61 bits per heavy atom. The average molecular weight is 555 g/mol. The van der Waals surface area contributed by atoms with Gasteiger partial charge in [-0.15, -0.1) is 0 Å². The summed E-state index contributed by atoms with van der Waals surface area (Å²) in [5, 5.41) is 15.8. The molecule has 0 bridgehead atoms. The van der Waals surface area contributed by atoms with Gasteiger partial charge in [-0.25, -0.2) is 9.78 Å². The Labute approximate surface area is 236 Å². The third-order valence-corrected chi connectivity index (χ3v) is 7.70. The number of hydrogen-bond acceptors (Lipinski definition) is 7. The van der Waals surface area contributed by atoms with Crippen LogP contribution in [-0.2, 0) is 29.1 Å². The lowest BCUT2D eigenvalue weighted by Crippen LogP contribution is -2.65. The van der Waals surface area contributed by atoms with Crippen molar-refractivity contribution in [1.82, 2.24) is 30.1 Å². The third-order valence-electron chi connectivity index (χ3n) is 7.70. The van der Waals surface area contributed by atoms with Gasteiger partial charge in [-0.2, -0.15) is 5.01 Å². The molecule has 4 aromatic rings. The number of rotatable bonds is 7. The summed E-state index contributed by atoms with van der Waals surface area (Å²) >= 11 is 0. The molecular weight excluding hydrogens is 524 g/mol. The van der Waals surface area contributed by atoms with Crippen LogP contribution in [0.15, 0.2) is 83.6 Å². The number of phenols is 1. The number of hydrogen-bond donors (Lipinski definition) is 2. The Bertz CT molecular complexity index is 1570. The Hall–Kier alpha value is -4.90. The van der Waals surface area contributed by atoms with Crippen LogP contribution in [0.1, 0.15) is 16.7 Å². The number of nitrogens with zero attached hydrogens (tertiary/aromatic N) is 5. The van der Waals surface area contributed by atoms with Crippen molar-refractivity contribution in [3.8, 4) is 5.75 Å². The molecular formula is C30H30N6O5. The number of hydrazine groups is 1. The summed E-state index contributed by atoms with van der Waals surface area (Å²) in [6, 6.07) is 20.6. The number of amides is 4. The second-order valence-electron chi connectivity index (χ2n) is 10.3. The van der Waals surface area contributed by atoms with Crippen molar-refractivity contribution < 1.29 is 23.9 Å². The van der Waals surface area contributed by atoms with Crippen molar-refractivity contribution in [2.24, 2.45) is 0 Å². The molecule has 2 fully saturated rings. The molecule has 11 nitrogen and oxygen atoms in total. The van der Waals surface area contributed by atoms with Gasteiger partial charge in [-0.1, -0.05) is 54.6 Å². The van der Waals surface area contributed by atoms with Gasteiger partial charge in [0.05, 0.1) is 13.1 Å². The minimum absolute atomic E-state index is 0.0369. The van der Waals surface area contributed by atoms with E-state index in [9.17, 15) is 19.5 Å². The number of nitrogens with one attached hydrogen (secondary N) is 1. The van der Waals surface area contributed by atoms with Gasteiger partial charge in [0.1, 0.15) is 23.5 Å². The first kappa shape index (κ1) is 26.3. The molecule has 6 rings (SSSR count). The molecule has 0 saturated carbocycles. The van der Waals surface area contributed by atoms with Crippen LogP contribution in [0, 0.1) is 0 Å². The molecule has 1 aromatic heterocycles. The van der Waals surface area contributed by atoms with Crippen molar-refractivity contribution >= 4 is 28.9 Å². The Morgan fingerprint density at radius 1 is 1.05 bits per heavy atom. The molecule has 41 heavy (non-hydrogen) atoms. The van der Waals surface area contributed by atoms with Gasteiger partial charge < -0.3 is 24.6 Å². The first-order valence-corrected chi connectivity index (χ1v) is 13.4. The van der Waals surface area contributed by atoms with E-state index in [0.29, 0.717) is 17.6 Å². The van der Waals surface area contributed by atoms with Crippen molar-refractivity contribution in [2.75, 3.05) is 20.1 Å². The molecule has 11 heteroatoms. The standard InChI is InChI=1S/C30H30N6O5/c1-33(30(40)31-15-21-6-3-2-4-7-21)35-18-27(38)36-25(14-20-10-12-23(37)13-11-20)29(39)34(17-26(35)36)16-22-8-5-9-24-28(22)41-19-32-24/h2-13,19,25-26,37H,14-18H2,1H3,(H,31,40)/t25-,26+/m0/s1. The molecule has 2 N–H and O–H groups in total. The van der Waals surface area contributed by atoms with Crippen molar-refractivity contribution in [3.05, 3.63) is 95.9 Å². The van der Waals surface area contributed by atoms with E-state index in [1.165, 1.54) is 11.4 Å². The highest BCUT2D eigenvalue weighted by Gasteiger charge is 2.51. The van der Waals surface area contributed by atoms with Crippen LogP contribution in [0.2, 0.25) is 0 Å². The molecule has 0 unspecified atom stereocenters. The SMILES string of the molecule is CN(C(=O)NCc1ccccc1)N1CC(=O)N2[C@@H](Cc3ccc(O)cc3)C(=O)N(Cc3cccc4ncoc34)C[C@@H]21. The molecule has 4 amide bonds. The number of oxazole rings is 1. The van der Waals surface area contributed by atoms with E-state index < -0.39 is 12.2 Å². The van der Waals surface area contributed by atoms with Crippen LogP contribution < -0.4 is 5.32 Å². The van der Waals surface area contributed by atoms with E-state index in [-0.39, 0.29) is 49.7 Å². The fourth-order valence-electron chi connectivity index (χ4n) is 5.58. The lowest BCUT2D eigenvalue weighted by molar-refractivity contribution is -0.157. The lowest BCUT2D eigenvalue weighted by Gasteiger charge is -2.45.